The van der Waals surface area contributed by atoms with Gasteiger partial charge in [-0.1, -0.05) is 73.0 Å². The van der Waals surface area contributed by atoms with Gasteiger partial charge in [0.05, 0.1) is 19.1 Å². The summed E-state index contributed by atoms with van der Waals surface area (Å²) in [5, 5.41) is 13.8. The molecule has 33 heavy (non-hydrogen) atoms. The maximum absolute atomic E-state index is 12.4. The van der Waals surface area contributed by atoms with E-state index in [9.17, 15) is 4.79 Å². The standard InChI is InChI=1S/C25H29N5O2S/c1-18-12-14-19(15-13-18)24-28-29-25(30(24)21-9-4-3-5-10-21)33-17-23(31)27-26-16-20-8-6-7-11-22(20)32-2/h6-8,11-16,21H,3-5,9-10,17H2,1-2H3,(H,27,31). The van der Waals surface area contributed by atoms with Crippen molar-refractivity contribution in [2.45, 2.75) is 50.2 Å². The number of carbonyl (C=O) groups excluding carboxylic acids is 1. The van der Waals surface area contributed by atoms with E-state index >= 15 is 0 Å². The first-order chi connectivity index (χ1) is 16.2. The highest BCUT2D eigenvalue weighted by Crippen LogP contribution is 2.35. The molecule has 1 aliphatic rings. The number of aromatic nitrogens is 3. The second-order valence-electron chi connectivity index (χ2n) is 8.16. The van der Waals surface area contributed by atoms with Gasteiger partial charge < -0.3 is 4.74 Å². The Kier molecular flexibility index (Phi) is 7.78. The Labute approximate surface area is 198 Å². The highest BCUT2D eigenvalue weighted by Gasteiger charge is 2.24. The molecule has 0 spiro atoms. The van der Waals surface area contributed by atoms with Gasteiger partial charge in [0, 0.05) is 17.2 Å². The summed E-state index contributed by atoms with van der Waals surface area (Å²) in [6, 6.07) is 16.2. The van der Waals surface area contributed by atoms with Crippen LogP contribution in [-0.2, 0) is 4.79 Å². The number of para-hydroxylation sites is 1. The zero-order chi connectivity index (χ0) is 23.0. The fraction of sp³-hybridized carbons (Fsp3) is 0.360. The molecular formula is C25H29N5O2S. The predicted molar refractivity (Wildman–Crippen MR) is 132 cm³/mol. The molecule has 1 aliphatic carbocycles. The minimum absolute atomic E-state index is 0.193. The van der Waals surface area contributed by atoms with E-state index in [1.54, 1.807) is 13.3 Å². The smallest absolute Gasteiger partial charge is 0.250 e. The molecule has 1 N–H and O–H groups in total. The van der Waals surface area contributed by atoms with Gasteiger partial charge in [-0.3, -0.25) is 9.36 Å². The Morgan fingerprint density at radius 1 is 1.15 bits per heavy atom. The number of benzene rings is 2. The summed E-state index contributed by atoms with van der Waals surface area (Å²) < 4.78 is 7.53. The highest BCUT2D eigenvalue weighted by molar-refractivity contribution is 7.99. The molecule has 0 radical (unpaired) electrons. The first-order valence-electron chi connectivity index (χ1n) is 11.3. The van der Waals surface area contributed by atoms with Crippen molar-refractivity contribution in [2.24, 2.45) is 5.10 Å². The molecule has 0 bridgehead atoms. The number of nitrogens with zero attached hydrogens (tertiary/aromatic N) is 4. The van der Waals surface area contributed by atoms with E-state index in [4.69, 9.17) is 4.74 Å². The van der Waals surface area contributed by atoms with Crippen LogP contribution in [0, 0.1) is 6.92 Å². The molecule has 0 atom stereocenters. The molecule has 1 fully saturated rings. The Morgan fingerprint density at radius 2 is 1.91 bits per heavy atom. The number of hydrogen-bond donors (Lipinski definition) is 1. The molecule has 1 heterocycles. The van der Waals surface area contributed by atoms with Crippen molar-refractivity contribution in [3.8, 4) is 17.1 Å². The third-order valence-electron chi connectivity index (χ3n) is 5.78. The van der Waals surface area contributed by atoms with Gasteiger partial charge in [-0.25, -0.2) is 5.43 Å². The summed E-state index contributed by atoms with van der Waals surface area (Å²) in [6.07, 6.45) is 7.49. The lowest BCUT2D eigenvalue weighted by molar-refractivity contribution is -0.118. The van der Waals surface area contributed by atoms with E-state index in [-0.39, 0.29) is 11.7 Å². The van der Waals surface area contributed by atoms with Crippen LogP contribution in [0.15, 0.2) is 58.8 Å². The highest BCUT2D eigenvalue weighted by atomic mass is 32.2. The molecule has 1 saturated carbocycles. The summed E-state index contributed by atoms with van der Waals surface area (Å²) in [4.78, 5) is 12.4. The van der Waals surface area contributed by atoms with Crippen molar-refractivity contribution in [3.63, 3.8) is 0 Å². The number of thioether (sulfide) groups is 1. The predicted octanol–water partition coefficient (Wildman–Crippen LogP) is 5.01. The zero-order valence-electron chi connectivity index (χ0n) is 19.0. The maximum atomic E-state index is 12.4. The van der Waals surface area contributed by atoms with Crippen molar-refractivity contribution in [1.82, 2.24) is 20.2 Å². The van der Waals surface area contributed by atoms with Gasteiger partial charge in [-0.2, -0.15) is 5.10 Å². The quantitative estimate of drug-likeness (QED) is 0.288. The average molecular weight is 464 g/mol. The lowest BCUT2D eigenvalue weighted by Gasteiger charge is -2.25. The third kappa shape index (κ3) is 5.82. The number of ether oxygens (including phenoxy) is 1. The summed E-state index contributed by atoms with van der Waals surface area (Å²) in [5.74, 6) is 1.59. The number of nitrogens with one attached hydrogen (secondary N) is 1. The molecule has 7 nitrogen and oxygen atoms in total. The Balaban J connectivity index is 1.45. The van der Waals surface area contributed by atoms with Crippen molar-refractivity contribution < 1.29 is 9.53 Å². The SMILES string of the molecule is COc1ccccc1C=NNC(=O)CSc1nnc(-c2ccc(C)cc2)n1C1CCCCC1. The second kappa shape index (κ2) is 11.1. The number of methoxy groups -OCH3 is 1. The number of amides is 1. The van der Waals surface area contributed by atoms with Crippen LogP contribution < -0.4 is 10.2 Å². The van der Waals surface area contributed by atoms with Gasteiger partial charge in [-0.05, 0) is 31.9 Å². The topological polar surface area (TPSA) is 81.4 Å². The monoisotopic (exact) mass is 463 g/mol. The lowest BCUT2D eigenvalue weighted by Crippen LogP contribution is -2.20. The number of rotatable bonds is 8. The Bertz CT molecular complexity index is 1100. The fourth-order valence-corrected chi connectivity index (χ4v) is 4.85. The van der Waals surface area contributed by atoms with Crippen LogP contribution in [-0.4, -0.2) is 39.7 Å². The third-order valence-corrected chi connectivity index (χ3v) is 6.72. The lowest BCUT2D eigenvalue weighted by atomic mass is 9.95. The summed E-state index contributed by atoms with van der Waals surface area (Å²) in [6.45, 7) is 2.08. The zero-order valence-corrected chi connectivity index (χ0v) is 19.8. The number of hydrogen-bond acceptors (Lipinski definition) is 6. The van der Waals surface area contributed by atoms with Gasteiger partial charge in [0.1, 0.15) is 5.75 Å². The normalized spacial score (nSPS) is 14.5. The maximum Gasteiger partial charge on any atom is 0.250 e. The van der Waals surface area contributed by atoms with Crippen LogP contribution in [0.2, 0.25) is 0 Å². The van der Waals surface area contributed by atoms with E-state index in [2.05, 4.69) is 56.5 Å². The number of aryl methyl sites for hydroxylation is 1. The number of carbonyl (C=O) groups is 1. The fourth-order valence-electron chi connectivity index (χ4n) is 4.05. The average Bonchev–Trinajstić information content (AvgIpc) is 3.28. The van der Waals surface area contributed by atoms with Crippen molar-refractivity contribution in [3.05, 3.63) is 59.7 Å². The molecule has 8 heteroatoms. The second-order valence-corrected chi connectivity index (χ2v) is 9.10. The first-order valence-corrected chi connectivity index (χ1v) is 12.2. The molecule has 0 aliphatic heterocycles. The molecule has 4 rings (SSSR count). The number of hydrazone groups is 1. The van der Waals surface area contributed by atoms with Gasteiger partial charge in [0.25, 0.3) is 5.91 Å². The molecule has 2 aromatic carbocycles. The van der Waals surface area contributed by atoms with Gasteiger partial charge in [0.15, 0.2) is 11.0 Å². The van der Waals surface area contributed by atoms with E-state index in [0.29, 0.717) is 11.8 Å². The van der Waals surface area contributed by atoms with E-state index in [1.165, 1.54) is 36.6 Å². The minimum Gasteiger partial charge on any atom is -0.496 e. The van der Waals surface area contributed by atoms with Gasteiger partial charge >= 0.3 is 0 Å². The van der Waals surface area contributed by atoms with Crippen molar-refractivity contribution in [1.29, 1.82) is 0 Å². The van der Waals surface area contributed by atoms with Crippen molar-refractivity contribution in [2.75, 3.05) is 12.9 Å². The summed E-state index contributed by atoms with van der Waals surface area (Å²) in [5.41, 5.74) is 5.65. The van der Waals surface area contributed by atoms with Gasteiger partial charge in [0.2, 0.25) is 0 Å². The summed E-state index contributed by atoms with van der Waals surface area (Å²) >= 11 is 1.40. The van der Waals surface area contributed by atoms with E-state index < -0.39 is 0 Å². The minimum atomic E-state index is -0.193. The molecular weight excluding hydrogens is 434 g/mol. The molecule has 0 saturated heterocycles. The molecule has 172 valence electrons. The van der Waals surface area contributed by atoms with E-state index in [1.807, 2.05) is 24.3 Å². The summed E-state index contributed by atoms with van der Waals surface area (Å²) in [7, 11) is 1.61. The molecule has 1 amide bonds. The van der Waals surface area contributed by atoms with Crippen LogP contribution in [0.25, 0.3) is 11.4 Å². The van der Waals surface area contributed by atoms with Crippen LogP contribution in [0.1, 0.15) is 49.3 Å². The molecule has 3 aromatic rings. The molecule has 1 aromatic heterocycles. The Hall–Kier alpha value is -3.13. The molecule has 0 unspecified atom stereocenters. The largest absolute Gasteiger partial charge is 0.496 e. The van der Waals surface area contributed by atoms with Gasteiger partial charge in [-0.15, -0.1) is 10.2 Å². The Morgan fingerprint density at radius 3 is 2.67 bits per heavy atom. The van der Waals surface area contributed by atoms with Crippen LogP contribution >= 0.6 is 11.8 Å². The van der Waals surface area contributed by atoms with Crippen molar-refractivity contribution >= 4 is 23.9 Å². The van der Waals surface area contributed by atoms with Crippen LogP contribution in [0.3, 0.4) is 0 Å². The van der Waals surface area contributed by atoms with Crippen LogP contribution in [0.5, 0.6) is 5.75 Å². The van der Waals surface area contributed by atoms with Crippen LogP contribution in [0.4, 0.5) is 0 Å². The van der Waals surface area contributed by atoms with E-state index in [0.717, 1.165) is 34.9 Å². The first kappa shape index (κ1) is 23.0.